The van der Waals surface area contributed by atoms with Crippen LogP contribution < -0.4 is 10.0 Å². The van der Waals surface area contributed by atoms with Crippen molar-refractivity contribution in [3.05, 3.63) is 60.0 Å². The Morgan fingerprint density at radius 2 is 2.04 bits per heavy atom. The highest BCUT2D eigenvalue weighted by atomic mass is 32.2. The van der Waals surface area contributed by atoms with Gasteiger partial charge in [-0.1, -0.05) is 12.1 Å². The van der Waals surface area contributed by atoms with E-state index in [-0.39, 0.29) is 30.2 Å². The summed E-state index contributed by atoms with van der Waals surface area (Å²) < 4.78 is 33.5. The number of aromatic nitrogens is 3. The van der Waals surface area contributed by atoms with Crippen LogP contribution in [0.2, 0.25) is 0 Å². The quantitative estimate of drug-likeness (QED) is 0.545. The van der Waals surface area contributed by atoms with Crippen LogP contribution in [0.5, 0.6) is 0 Å². The molecule has 1 amide bonds. The molecule has 0 atom stereocenters. The van der Waals surface area contributed by atoms with Gasteiger partial charge in [0.05, 0.1) is 18.0 Å². The summed E-state index contributed by atoms with van der Waals surface area (Å²) in [7, 11) is -2.23. The highest BCUT2D eigenvalue weighted by Crippen LogP contribution is 2.12. The van der Waals surface area contributed by atoms with Crippen LogP contribution in [0, 0.1) is 0 Å². The van der Waals surface area contributed by atoms with Crippen molar-refractivity contribution in [3.8, 4) is 0 Å². The molecule has 10 heteroatoms. The van der Waals surface area contributed by atoms with Gasteiger partial charge in [0.2, 0.25) is 10.0 Å². The number of nitrogens with one attached hydrogen (secondary N) is 2. The fraction of sp³-hybridized carbons (Fsp3) is 0.235. The standard InChI is InChI=1S/C17H19N5O4S/c1-26-10-8-19-27(24,25)14-6-4-5-13(11-14)17(23)18-12-16-21-20-15-7-2-3-9-22(15)16/h2-7,9,11,19H,8,10,12H2,1H3,(H,18,23). The van der Waals surface area contributed by atoms with Crippen molar-refractivity contribution in [2.45, 2.75) is 11.4 Å². The summed E-state index contributed by atoms with van der Waals surface area (Å²) in [5.74, 6) is 0.167. The van der Waals surface area contributed by atoms with Crippen molar-refractivity contribution >= 4 is 21.6 Å². The number of ether oxygens (including phenoxy) is 1. The van der Waals surface area contributed by atoms with Gasteiger partial charge in [-0.15, -0.1) is 10.2 Å². The zero-order valence-electron chi connectivity index (χ0n) is 14.6. The zero-order chi connectivity index (χ0) is 19.3. The highest BCUT2D eigenvalue weighted by Gasteiger charge is 2.16. The Morgan fingerprint density at radius 1 is 1.19 bits per heavy atom. The normalized spacial score (nSPS) is 11.6. The fourth-order valence-electron chi connectivity index (χ4n) is 2.44. The summed E-state index contributed by atoms with van der Waals surface area (Å²) in [6.07, 6.45) is 1.80. The molecule has 1 aromatic carbocycles. The third-order valence-corrected chi connectivity index (χ3v) is 5.25. The van der Waals surface area contributed by atoms with E-state index in [1.54, 1.807) is 16.7 Å². The van der Waals surface area contributed by atoms with Crippen molar-refractivity contribution in [1.82, 2.24) is 24.6 Å². The summed E-state index contributed by atoms with van der Waals surface area (Å²) in [6, 6.07) is 11.3. The molecule has 2 aromatic heterocycles. The first-order chi connectivity index (χ1) is 13.0. The topological polar surface area (TPSA) is 115 Å². The lowest BCUT2D eigenvalue weighted by Gasteiger charge is -2.08. The smallest absolute Gasteiger partial charge is 0.251 e. The number of hydrogen-bond acceptors (Lipinski definition) is 6. The number of benzene rings is 1. The Kier molecular flexibility index (Phi) is 5.79. The van der Waals surface area contributed by atoms with Crippen LogP contribution in [0.4, 0.5) is 0 Å². The van der Waals surface area contributed by atoms with Gasteiger partial charge in [-0.2, -0.15) is 0 Å². The average molecular weight is 389 g/mol. The molecule has 27 heavy (non-hydrogen) atoms. The number of sulfonamides is 1. The molecule has 0 saturated heterocycles. The second-order valence-corrected chi connectivity index (χ2v) is 7.41. The number of hydrogen-bond donors (Lipinski definition) is 2. The maximum absolute atomic E-state index is 12.4. The molecule has 0 unspecified atom stereocenters. The predicted octanol–water partition coefficient (Wildman–Crippen LogP) is 0.584. The summed E-state index contributed by atoms with van der Waals surface area (Å²) in [6.45, 7) is 0.563. The monoisotopic (exact) mass is 389 g/mol. The molecule has 0 radical (unpaired) electrons. The van der Waals surface area contributed by atoms with Crippen LogP contribution in [0.3, 0.4) is 0 Å². The molecule has 2 heterocycles. The molecular weight excluding hydrogens is 370 g/mol. The third-order valence-electron chi connectivity index (χ3n) is 3.80. The summed E-state index contributed by atoms with van der Waals surface area (Å²) in [5, 5.41) is 10.8. The number of carbonyl (C=O) groups is 1. The Morgan fingerprint density at radius 3 is 2.85 bits per heavy atom. The highest BCUT2D eigenvalue weighted by molar-refractivity contribution is 7.89. The van der Waals surface area contributed by atoms with Crippen LogP contribution in [0.1, 0.15) is 16.2 Å². The second kappa shape index (κ2) is 8.25. The number of fused-ring (bicyclic) bond motifs is 1. The van der Waals surface area contributed by atoms with Gasteiger partial charge in [-0.05, 0) is 30.3 Å². The van der Waals surface area contributed by atoms with Gasteiger partial charge in [0, 0.05) is 25.4 Å². The van der Waals surface area contributed by atoms with Gasteiger partial charge < -0.3 is 10.1 Å². The molecule has 0 aliphatic rings. The number of carbonyl (C=O) groups excluding carboxylic acids is 1. The van der Waals surface area contributed by atoms with Crippen molar-refractivity contribution in [2.24, 2.45) is 0 Å². The predicted molar refractivity (Wildman–Crippen MR) is 97.7 cm³/mol. The lowest BCUT2D eigenvalue weighted by Crippen LogP contribution is -2.28. The molecule has 0 saturated carbocycles. The minimum Gasteiger partial charge on any atom is -0.383 e. The van der Waals surface area contributed by atoms with Gasteiger partial charge in [0.15, 0.2) is 11.5 Å². The number of amides is 1. The number of pyridine rings is 1. The van der Waals surface area contributed by atoms with E-state index in [4.69, 9.17) is 4.74 Å². The van der Waals surface area contributed by atoms with Crippen molar-refractivity contribution in [3.63, 3.8) is 0 Å². The maximum atomic E-state index is 12.4. The van der Waals surface area contributed by atoms with Gasteiger partial charge in [-0.25, -0.2) is 13.1 Å². The number of nitrogens with zero attached hydrogens (tertiary/aromatic N) is 3. The van der Waals surface area contributed by atoms with E-state index < -0.39 is 15.9 Å². The van der Waals surface area contributed by atoms with Crippen LogP contribution in [0.15, 0.2) is 53.6 Å². The second-order valence-electron chi connectivity index (χ2n) is 5.65. The minimum absolute atomic E-state index is 0.0131. The van der Waals surface area contributed by atoms with Crippen LogP contribution in [-0.2, 0) is 21.3 Å². The lowest BCUT2D eigenvalue weighted by molar-refractivity contribution is 0.0949. The number of methoxy groups -OCH3 is 1. The van der Waals surface area contributed by atoms with Crippen molar-refractivity contribution < 1.29 is 17.9 Å². The number of rotatable bonds is 8. The van der Waals surface area contributed by atoms with E-state index in [9.17, 15) is 13.2 Å². The van der Waals surface area contributed by atoms with Crippen LogP contribution >= 0.6 is 0 Å². The first-order valence-electron chi connectivity index (χ1n) is 8.17. The van der Waals surface area contributed by atoms with Crippen molar-refractivity contribution in [1.29, 1.82) is 0 Å². The molecule has 142 valence electrons. The molecule has 2 N–H and O–H groups in total. The van der Waals surface area contributed by atoms with Gasteiger partial charge in [0.25, 0.3) is 5.91 Å². The lowest BCUT2D eigenvalue weighted by atomic mass is 10.2. The van der Waals surface area contributed by atoms with Gasteiger partial charge in [0.1, 0.15) is 0 Å². The Labute approximate surface area is 156 Å². The average Bonchev–Trinajstić information content (AvgIpc) is 3.09. The Hall–Kier alpha value is -2.82. The molecule has 9 nitrogen and oxygen atoms in total. The summed E-state index contributed by atoms with van der Waals surface area (Å²) >= 11 is 0. The molecule has 0 bridgehead atoms. The van der Waals surface area contributed by atoms with E-state index >= 15 is 0 Å². The molecule has 3 rings (SSSR count). The molecule has 0 aliphatic heterocycles. The molecule has 0 spiro atoms. The van der Waals surface area contributed by atoms with E-state index in [1.165, 1.54) is 25.3 Å². The molecule has 3 aromatic rings. The third kappa shape index (κ3) is 4.48. The van der Waals surface area contributed by atoms with Crippen LogP contribution in [-0.4, -0.2) is 49.2 Å². The summed E-state index contributed by atoms with van der Waals surface area (Å²) in [4.78, 5) is 12.4. The van der Waals surface area contributed by atoms with E-state index in [2.05, 4.69) is 20.2 Å². The molecular formula is C17H19N5O4S. The summed E-state index contributed by atoms with van der Waals surface area (Å²) in [5.41, 5.74) is 0.912. The first-order valence-corrected chi connectivity index (χ1v) is 9.65. The van der Waals surface area contributed by atoms with E-state index in [1.807, 2.05) is 18.2 Å². The van der Waals surface area contributed by atoms with E-state index in [0.29, 0.717) is 11.5 Å². The molecule has 0 fully saturated rings. The largest absolute Gasteiger partial charge is 0.383 e. The zero-order valence-corrected chi connectivity index (χ0v) is 15.4. The maximum Gasteiger partial charge on any atom is 0.251 e. The Balaban J connectivity index is 1.70. The molecule has 0 aliphatic carbocycles. The van der Waals surface area contributed by atoms with E-state index in [0.717, 1.165) is 0 Å². The minimum atomic E-state index is -3.71. The van der Waals surface area contributed by atoms with Gasteiger partial charge >= 0.3 is 0 Å². The fourth-order valence-corrected chi connectivity index (χ4v) is 3.50. The van der Waals surface area contributed by atoms with Crippen molar-refractivity contribution in [2.75, 3.05) is 20.3 Å². The first kappa shape index (κ1) is 19.0. The SMILES string of the molecule is COCCNS(=O)(=O)c1cccc(C(=O)NCc2nnc3ccccn23)c1. The van der Waals surface area contributed by atoms with Crippen LogP contribution in [0.25, 0.3) is 5.65 Å². The van der Waals surface area contributed by atoms with Gasteiger partial charge in [-0.3, -0.25) is 9.20 Å². The Bertz CT molecular complexity index is 1050.